The molecular formula is C24H28N2O5. The number of nitrogens with one attached hydrogen (secondary N) is 1. The van der Waals surface area contributed by atoms with Crippen molar-refractivity contribution < 1.29 is 23.9 Å². The third-order valence-electron chi connectivity index (χ3n) is 4.85. The molecule has 0 aliphatic carbocycles. The quantitative estimate of drug-likeness (QED) is 0.625. The fourth-order valence-corrected chi connectivity index (χ4v) is 3.28. The van der Waals surface area contributed by atoms with E-state index >= 15 is 0 Å². The Labute approximate surface area is 182 Å². The zero-order valence-electron chi connectivity index (χ0n) is 18.1. The number of hydrogen-bond acceptors (Lipinski definition) is 5. The molecule has 0 aromatic heterocycles. The molecule has 0 bridgehead atoms. The summed E-state index contributed by atoms with van der Waals surface area (Å²) in [5.41, 5.74) is 2.09. The van der Waals surface area contributed by atoms with Crippen LogP contribution in [0.5, 0.6) is 11.5 Å². The second kappa shape index (κ2) is 10.1. The fraction of sp³-hybridized carbons (Fsp3) is 0.375. The zero-order chi connectivity index (χ0) is 22.4. The van der Waals surface area contributed by atoms with Crippen molar-refractivity contribution in [2.24, 2.45) is 0 Å². The lowest BCUT2D eigenvalue weighted by Crippen LogP contribution is -2.40. The normalized spacial score (nSPS) is 12.9. The lowest BCUT2D eigenvalue weighted by Gasteiger charge is -2.29. The van der Waals surface area contributed by atoms with Crippen molar-refractivity contribution >= 4 is 23.3 Å². The van der Waals surface area contributed by atoms with Gasteiger partial charge in [-0.15, -0.1) is 0 Å². The highest BCUT2D eigenvalue weighted by Gasteiger charge is 2.26. The predicted molar refractivity (Wildman–Crippen MR) is 118 cm³/mol. The molecule has 164 valence electrons. The minimum absolute atomic E-state index is 0.0480. The molecule has 0 radical (unpaired) electrons. The van der Waals surface area contributed by atoms with Gasteiger partial charge in [-0.05, 0) is 57.5 Å². The van der Waals surface area contributed by atoms with Crippen LogP contribution in [0.2, 0.25) is 0 Å². The lowest BCUT2D eigenvalue weighted by atomic mass is 10.1. The minimum Gasteiger partial charge on any atom is -0.485 e. The first kappa shape index (κ1) is 22.3. The Morgan fingerprint density at radius 3 is 2.61 bits per heavy atom. The van der Waals surface area contributed by atoms with E-state index < -0.39 is 0 Å². The smallest absolute Gasteiger partial charge is 0.265 e. The topological polar surface area (TPSA) is 84.9 Å². The van der Waals surface area contributed by atoms with Gasteiger partial charge in [-0.25, -0.2) is 0 Å². The summed E-state index contributed by atoms with van der Waals surface area (Å²) in [6.07, 6.45) is 0.833. The minimum atomic E-state index is -0.197. The summed E-state index contributed by atoms with van der Waals surface area (Å²) in [4.78, 5) is 38.5. The maximum atomic E-state index is 12.6. The number of benzene rings is 2. The van der Waals surface area contributed by atoms with Crippen LogP contribution in [0.25, 0.3) is 0 Å². The average Bonchev–Trinajstić information content (AvgIpc) is 2.73. The molecule has 7 heteroatoms. The Morgan fingerprint density at radius 1 is 1.16 bits per heavy atom. The second-order valence-electron chi connectivity index (χ2n) is 7.87. The molecule has 1 heterocycles. The number of amides is 2. The van der Waals surface area contributed by atoms with Crippen LogP contribution < -0.4 is 19.7 Å². The van der Waals surface area contributed by atoms with Gasteiger partial charge in [0.05, 0.1) is 5.69 Å². The number of ketones is 1. The number of hydrogen-bond donors (Lipinski definition) is 1. The van der Waals surface area contributed by atoms with Crippen LogP contribution in [0.15, 0.2) is 42.5 Å². The van der Waals surface area contributed by atoms with E-state index in [0.717, 1.165) is 5.56 Å². The van der Waals surface area contributed by atoms with Crippen molar-refractivity contribution in [2.45, 2.75) is 39.7 Å². The van der Waals surface area contributed by atoms with E-state index in [-0.39, 0.29) is 36.9 Å². The highest BCUT2D eigenvalue weighted by Crippen LogP contribution is 2.33. The van der Waals surface area contributed by atoms with Crippen molar-refractivity contribution in [3.63, 3.8) is 0 Å². The van der Waals surface area contributed by atoms with Gasteiger partial charge < -0.3 is 19.7 Å². The van der Waals surface area contributed by atoms with E-state index in [0.29, 0.717) is 42.1 Å². The van der Waals surface area contributed by atoms with E-state index in [1.807, 2.05) is 45.0 Å². The van der Waals surface area contributed by atoms with Gasteiger partial charge in [0.15, 0.2) is 19.0 Å². The van der Waals surface area contributed by atoms with Crippen LogP contribution in [-0.4, -0.2) is 43.4 Å². The standard InChI is InChI=1S/C24H28N2O5/c1-16(2)25-23(28)5-4-12-26-20-13-18(8-11-22(20)31-15-24(26)29)21(27)14-30-19-9-6-17(3)7-10-19/h6-11,13,16H,4-5,12,14-15H2,1-3H3,(H,25,28). The highest BCUT2D eigenvalue weighted by molar-refractivity contribution is 6.02. The first-order chi connectivity index (χ1) is 14.8. The molecule has 1 aliphatic rings. The molecule has 0 saturated heterocycles. The second-order valence-corrected chi connectivity index (χ2v) is 7.87. The van der Waals surface area contributed by atoms with Crippen molar-refractivity contribution in [2.75, 3.05) is 24.7 Å². The van der Waals surface area contributed by atoms with Crippen LogP contribution in [0.1, 0.15) is 42.6 Å². The number of fused-ring (bicyclic) bond motifs is 1. The molecule has 31 heavy (non-hydrogen) atoms. The summed E-state index contributed by atoms with van der Waals surface area (Å²) in [5.74, 6) is 0.724. The monoisotopic (exact) mass is 424 g/mol. The van der Waals surface area contributed by atoms with Crippen molar-refractivity contribution in [1.29, 1.82) is 0 Å². The van der Waals surface area contributed by atoms with Crippen molar-refractivity contribution in [3.8, 4) is 11.5 Å². The molecule has 7 nitrogen and oxygen atoms in total. The summed E-state index contributed by atoms with van der Waals surface area (Å²) >= 11 is 0. The summed E-state index contributed by atoms with van der Waals surface area (Å²) in [7, 11) is 0. The molecule has 0 atom stereocenters. The Hall–Kier alpha value is -3.35. The zero-order valence-corrected chi connectivity index (χ0v) is 18.1. The Bertz CT molecular complexity index is 953. The summed E-state index contributed by atoms with van der Waals surface area (Å²) in [6.45, 7) is 5.99. The number of aryl methyl sites for hydroxylation is 1. The first-order valence-corrected chi connectivity index (χ1v) is 10.4. The molecule has 0 saturated carbocycles. The highest BCUT2D eigenvalue weighted by atomic mass is 16.5. The number of anilines is 1. The van der Waals surface area contributed by atoms with Crippen LogP contribution in [-0.2, 0) is 9.59 Å². The molecule has 2 amide bonds. The van der Waals surface area contributed by atoms with Gasteiger partial charge in [0.2, 0.25) is 5.91 Å². The molecule has 2 aromatic rings. The van der Waals surface area contributed by atoms with Crippen molar-refractivity contribution in [1.82, 2.24) is 5.32 Å². The maximum absolute atomic E-state index is 12.6. The average molecular weight is 424 g/mol. The lowest BCUT2D eigenvalue weighted by molar-refractivity contribution is -0.123. The predicted octanol–water partition coefficient (Wildman–Crippen LogP) is 3.29. The van der Waals surface area contributed by atoms with E-state index in [1.54, 1.807) is 23.1 Å². The Balaban J connectivity index is 1.66. The molecule has 1 aliphatic heterocycles. The molecule has 0 spiro atoms. The summed E-state index contributed by atoms with van der Waals surface area (Å²) in [6, 6.07) is 12.6. The van der Waals surface area contributed by atoms with Gasteiger partial charge in [-0.1, -0.05) is 17.7 Å². The molecule has 0 fully saturated rings. The summed E-state index contributed by atoms with van der Waals surface area (Å²) in [5, 5.41) is 2.84. The van der Waals surface area contributed by atoms with Gasteiger partial charge in [0.1, 0.15) is 11.5 Å². The van der Waals surface area contributed by atoms with Crippen LogP contribution >= 0.6 is 0 Å². The van der Waals surface area contributed by atoms with Crippen LogP contribution in [0, 0.1) is 6.92 Å². The number of carbonyl (C=O) groups is 3. The van der Waals surface area contributed by atoms with Crippen molar-refractivity contribution in [3.05, 3.63) is 53.6 Å². The number of nitrogens with zero attached hydrogens (tertiary/aromatic N) is 1. The van der Waals surface area contributed by atoms with Gasteiger partial charge in [0.25, 0.3) is 5.91 Å². The third-order valence-corrected chi connectivity index (χ3v) is 4.85. The SMILES string of the molecule is Cc1ccc(OCC(=O)c2ccc3c(c2)N(CCCC(=O)NC(C)C)C(=O)CO3)cc1. The molecular weight excluding hydrogens is 396 g/mol. The Kier molecular flexibility index (Phi) is 7.28. The van der Waals surface area contributed by atoms with E-state index in [2.05, 4.69) is 5.32 Å². The van der Waals surface area contributed by atoms with E-state index in [9.17, 15) is 14.4 Å². The van der Waals surface area contributed by atoms with Gasteiger partial charge in [0, 0.05) is 24.6 Å². The molecule has 0 unspecified atom stereocenters. The number of rotatable bonds is 9. The summed E-state index contributed by atoms with van der Waals surface area (Å²) < 4.78 is 11.1. The fourth-order valence-electron chi connectivity index (χ4n) is 3.28. The molecule has 2 aromatic carbocycles. The van der Waals surface area contributed by atoms with Gasteiger partial charge in [-0.3, -0.25) is 14.4 Å². The number of ether oxygens (including phenoxy) is 2. The molecule has 1 N–H and O–H groups in total. The maximum Gasteiger partial charge on any atom is 0.265 e. The Morgan fingerprint density at radius 2 is 1.90 bits per heavy atom. The third kappa shape index (κ3) is 6.07. The van der Waals surface area contributed by atoms with Gasteiger partial charge in [-0.2, -0.15) is 0 Å². The van der Waals surface area contributed by atoms with Gasteiger partial charge >= 0.3 is 0 Å². The van der Waals surface area contributed by atoms with E-state index in [4.69, 9.17) is 9.47 Å². The first-order valence-electron chi connectivity index (χ1n) is 10.4. The van der Waals surface area contributed by atoms with E-state index in [1.165, 1.54) is 0 Å². The van der Waals surface area contributed by atoms with Crippen LogP contribution in [0.4, 0.5) is 5.69 Å². The number of carbonyl (C=O) groups excluding carboxylic acids is 3. The largest absolute Gasteiger partial charge is 0.485 e. The number of Topliss-reactive ketones (excluding diaryl/α,β-unsaturated/α-hetero) is 1. The molecule has 3 rings (SSSR count). The van der Waals surface area contributed by atoms with Crippen LogP contribution in [0.3, 0.4) is 0 Å².